The number of hydrogen-bond donors (Lipinski definition) is 1. The molecule has 2 rings (SSSR count). The topological polar surface area (TPSA) is 113 Å². The van der Waals surface area contributed by atoms with Crippen LogP contribution in [0.15, 0.2) is 24.3 Å². The molecule has 7 nitrogen and oxygen atoms in total. The van der Waals surface area contributed by atoms with Crippen molar-refractivity contribution in [1.29, 1.82) is 5.26 Å². The van der Waals surface area contributed by atoms with Crippen molar-refractivity contribution >= 4 is 15.7 Å². The van der Waals surface area contributed by atoms with Crippen LogP contribution in [0.2, 0.25) is 0 Å². The highest BCUT2D eigenvalue weighted by molar-refractivity contribution is 7.91. The third-order valence-electron chi connectivity index (χ3n) is 4.16. The molecule has 2 N–H and O–H groups in total. The zero-order valence-corrected chi connectivity index (χ0v) is 16.6. The summed E-state index contributed by atoms with van der Waals surface area (Å²) < 4.78 is 41.3. The van der Waals surface area contributed by atoms with Crippen molar-refractivity contribution in [3.8, 4) is 11.8 Å². The number of benzene rings is 1. The van der Waals surface area contributed by atoms with Gasteiger partial charge in [0.05, 0.1) is 37.3 Å². The first kappa shape index (κ1) is 22.9. The van der Waals surface area contributed by atoms with E-state index < -0.39 is 22.1 Å². The van der Waals surface area contributed by atoms with Crippen LogP contribution < -0.4 is 10.5 Å². The monoisotopic (exact) mass is 399 g/mol. The molecule has 1 amide bonds. The summed E-state index contributed by atoms with van der Waals surface area (Å²) in [5.74, 6) is 0.303. The van der Waals surface area contributed by atoms with Gasteiger partial charge in [0, 0.05) is 12.0 Å². The second-order valence-corrected chi connectivity index (χ2v) is 8.95. The molecule has 1 heterocycles. The normalized spacial score (nSPS) is 19.2. The van der Waals surface area contributed by atoms with Crippen LogP contribution in [0.5, 0.6) is 5.75 Å². The third-order valence-corrected chi connectivity index (χ3v) is 6.31. The Morgan fingerprint density at radius 2 is 2.07 bits per heavy atom. The summed E-state index contributed by atoms with van der Waals surface area (Å²) in [4.78, 5) is 12.2. The van der Waals surface area contributed by atoms with Crippen LogP contribution in [0.1, 0.15) is 25.8 Å². The van der Waals surface area contributed by atoms with Crippen LogP contribution in [-0.2, 0) is 20.4 Å². The lowest BCUT2D eigenvalue weighted by atomic mass is 10.2. The maximum atomic E-state index is 12.7. The Balaban J connectivity index is 0.000000277. The summed E-state index contributed by atoms with van der Waals surface area (Å²) in [5, 5.41) is 8.19. The number of carbonyl (C=O) groups is 1. The van der Waals surface area contributed by atoms with Crippen LogP contribution in [0.3, 0.4) is 0 Å². The predicted molar refractivity (Wildman–Crippen MR) is 100 cm³/mol. The van der Waals surface area contributed by atoms with Gasteiger partial charge in [0.1, 0.15) is 18.0 Å². The molecule has 1 aromatic carbocycles. The summed E-state index contributed by atoms with van der Waals surface area (Å²) in [6, 6.07) is 8.42. The number of carbonyl (C=O) groups excluding carboxylic acids is 1. The molecule has 1 aromatic rings. The number of ether oxygens (including phenoxy) is 1. The number of nitrogens with zero attached hydrogens (tertiary/aromatic N) is 2. The Kier molecular flexibility index (Phi) is 8.66. The second-order valence-electron chi connectivity index (χ2n) is 6.40. The number of methoxy groups -OCH3 is 1. The maximum absolute atomic E-state index is 12.7. The highest BCUT2D eigenvalue weighted by atomic mass is 32.2. The molecule has 2 atom stereocenters. The van der Waals surface area contributed by atoms with Crippen molar-refractivity contribution in [2.45, 2.75) is 43.5 Å². The van der Waals surface area contributed by atoms with E-state index in [0.717, 1.165) is 0 Å². The quantitative estimate of drug-likeness (QED) is 0.801. The molecule has 0 aliphatic carbocycles. The summed E-state index contributed by atoms with van der Waals surface area (Å²) in [6.07, 6.45) is -0.965. The summed E-state index contributed by atoms with van der Waals surface area (Å²) in [6.45, 7) is 3.22. The van der Waals surface area contributed by atoms with Gasteiger partial charge in [-0.1, -0.05) is 18.2 Å². The van der Waals surface area contributed by atoms with Crippen molar-refractivity contribution in [2.75, 3.05) is 20.2 Å². The van der Waals surface area contributed by atoms with Crippen molar-refractivity contribution in [1.82, 2.24) is 4.90 Å². The van der Waals surface area contributed by atoms with Gasteiger partial charge in [-0.3, -0.25) is 4.79 Å². The summed E-state index contributed by atoms with van der Waals surface area (Å²) >= 11 is 0. The molecular weight excluding hydrogens is 373 g/mol. The Labute approximate surface area is 159 Å². The van der Waals surface area contributed by atoms with Crippen LogP contribution in [-0.4, -0.2) is 56.9 Å². The molecule has 1 fully saturated rings. The van der Waals surface area contributed by atoms with Gasteiger partial charge in [-0.05, 0) is 19.9 Å². The Morgan fingerprint density at radius 1 is 1.44 bits per heavy atom. The minimum absolute atomic E-state index is 0.00819. The van der Waals surface area contributed by atoms with Crippen LogP contribution in [0.4, 0.5) is 4.39 Å². The fourth-order valence-corrected chi connectivity index (χ4v) is 3.51. The van der Waals surface area contributed by atoms with Crippen LogP contribution in [0, 0.1) is 11.3 Å². The van der Waals surface area contributed by atoms with Gasteiger partial charge in [-0.25, -0.2) is 12.8 Å². The number of hydrogen-bond acceptors (Lipinski definition) is 6. The fourth-order valence-electron chi connectivity index (χ4n) is 2.51. The molecule has 0 saturated carbocycles. The van der Waals surface area contributed by atoms with E-state index in [-0.39, 0.29) is 36.4 Å². The van der Waals surface area contributed by atoms with Crippen LogP contribution >= 0.6 is 0 Å². The van der Waals surface area contributed by atoms with Crippen molar-refractivity contribution < 1.29 is 22.3 Å². The minimum atomic E-state index is -3.06. The maximum Gasteiger partial charge on any atom is 0.237 e. The Bertz CT molecular complexity index is 777. The van der Waals surface area contributed by atoms with E-state index in [9.17, 15) is 17.6 Å². The second kappa shape index (κ2) is 10.2. The number of para-hydroxylation sites is 1. The van der Waals surface area contributed by atoms with Gasteiger partial charge < -0.3 is 15.4 Å². The first-order valence-corrected chi connectivity index (χ1v) is 10.2. The number of nitrogens with two attached hydrogens (primary N) is 1. The number of amides is 1. The molecule has 1 aliphatic rings. The molecule has 150 valence electrons. The van der Waals surface area contributed by atoms with Crippen molar-refractivity contribution in [2.24, 2.45) is 5.73 Å². The van der Waals surface area contributed by atoms with Gasteiger partial charge in [0.2, 0.25) is 5.91 Å². The zero-order chi connectivity index (χ0) is 20.6. The lowest BCUT2D eigenvalue weighted by Crippen LogP contribution is -2.39. The number of rotatable bonds is 5. The summed E-state index contributed by atoms with van der Waals surface area (Å²) in [5.41, 5.74) is 5.81. The highest BCUT2D eigenvalue weighted by Gasteiger charge is 2.34. The van der Waals surface area contributed by atoms with E-state index in [1.807, 2.05) is 18.2 Å². The molecular formula is C18H26FN3O4S. The van der Waals surface area contributed by atoms with Gasteiger partial charge in [-0.15, -0.1) is 0 Å². The minimum Gasteiger partial charge on any atom is -0.496 e. The van der Waals surface area contributed by atoms with Crippen molar-refractivity contribution in [3.05, 3.63) is 29.8 Å². The standard InChI is InChI=1S/C11H16O3S.C7H10FN3O/c1-9(2)15(12,13)8-10-6-4-5-7-11(10)14-3;8-5-1-6(2-9)11(4-5)7(12)3-10/h4-7,9H,8H2,1-3H3;5-6H,1,3-4,10H2. The first-order valence-electron chi connectivity index (χ1n) is 8.52. The number of sulfone groups is 1. The Hall–Kier alpha value is -2.18. The zero-order valence-electron chi connectivity index (χ0n) is 15.8. The van der Waals surface area contributed by atoms with E-state index in [0.29, 0.717) is 11.3 Å². The molecule has 0 bridgehead atoms. The van der Waals surface area contributed by atoms with Gasteiger partial charge in [0.15, 0.2) is 9.84 Å². The molecule has 1 saturated heterocycles. The van der Waals surface area contributed by atoms with Gasteiger partial charge in [-0.2, -0.15) is 5.26 Å². The van der Waals surface area contributed by atoms with E-state index in [1.54, 1.807) is 33.1 Å². The third kappa shape index (κ3) is 6.48. The number of alkyl halides is 1. The average Bonchev–Trinajstić information content (AvgIpc) is 3.02. The molecule has 2 unspecified atom stereocenters. The number of nitriles is 1. The van der Waals surface area contributed by atoms with E-state index in [1.165, 1.54) is 4.90 Å². The largest absolute Gasteiger partial charge is 0.496 e. The molecule has 0 radical (unpaired) electrons. The SMILES string of the molecule is COc1ccccc1CS(=O)(=O)C(C)C.N#CC1CC(F)CN1C(=O)CN. The predicted octanol–water partition coefficient (Wildman–Crippen LogP) is 1.43. The number of halogens is 1. The van der Waals surface area contributed by atoms with Gasteiger partial charge >= 0.3 is 0 Å². The smallest absolute Gasteiger partial charge is 0.237 e. The lowest BCUT2D eigenvalue weighted by molar-refractivity contribution is -0.129. The lowest BCUT2D eigenvalue weighted by Gasteiger charge is -2.17. The van der Waals surface area contributed by atoms with Crippen molar-refractivity contribution in [3.63, 3.8) is 0 Å². The van der Waals surface area contributed by atoms with E-state index in [2.05, 4.69) is 0 Å². The van der Waals surface area contributed by atoms with E-state index in [4.69, 9.17) is 15.7 Å². The van der Waals surface area contributed by atoms with Gasteiger partial charge in [0.25, 0.3) is 0 Å². The molecule has 1 aliphatic heterocycles. The Morgan fingerprint density at radius 3 is 2.59 bits per heavy atom. The first-order chi connectivity index (χ1) is 12.7. The average molecular weight is 399 g/mol. The fraction of sp³-hybridized carbons (Fsp3) is 0.556. The summed E-state index contributed by atoms with van der Waals surface area (Å²) in [7, 11) is -1.52. The molecule has 0 spiro atoms. The molecule has 9 heteroatoms. The number of likely N-dealkylation sites (tertiary alicyclic amines) is 1. The molecule has 27 heavy (non-hydrogen) atoms. The highest BCUT2D eigenvalue weighted by Crippen LogP contribution is 2.21. The van der Waals surface area contributed by atoms with Crippen LogP contribution in [0.25, 0.3) is 0 Å². The van der Waals surface area contributed by atoms with E-state index >= 15 is 0 Å². The molecule has 0 aromatic heterocycles.